The number of carbonyl (C=O) groups is 2. The van der Waals surface area contributed by atoms with Gasteiger partial charge >= 0.3 is 0 Å². The Bertz CT molecular complexity index is 782. The summed E-state index contributed by atoms with van der Waals surface area (Å²) in [6, 6.07) is 12.5. The van der Waals surface area contributed by atoms with Gasteiger partial charge < -0.3 is 10.2 Å². The minimum atomic E-state index is -0.359. The molecule has 1 aliphatic heterocycles. The molecule has 1 saturated heterocycles. The third kappa shape index (κ3) is 5.37. The second-order valence-corrected chi connectivity index (χ2v) is 7.19. The minimum absolute atomic E-state index is 0.0382. The van der Waals surface area contributed by atoms with Gasteiger partial charge in [0.25, 0.3) is 5.91 Å². The Morgan fingerprint density at radius 3 is 2.22 bits per heavy atom. The van der Waals surface area contributed by atoms with Crippen LogP contribution in [0, 0.1) is 11.7 Å². The summed E-state index contributed by atoms with van der Waals surface area (Å²) in [5.74, 6) is -0.350. The van der Waals surface area contributed by atoms with Crippen molar-refractivity contribution in [1.82, 2.24) is 10.2 Å². The average molecular weight is 389 g/mol. The van der Waals surface area contributed by atoms with Gasteiger partial charge in [0.2, 0.25) is 0 Å². The molecule has 0 atom stereocenters. The molecule has 3 rings (SSSR count). The normalized spacial score (nSPS) is 15.5. The number of hydrogen-bond donors (Lipinski definition) is 1. The van der Waals surface area contributed by atoms with E-state index >= 15 is 0 Å². The van der Waals surface area contributed by atoms with Crippen molar-refractivity contribution >= 4 is 23.3 Å². The van der Waals surface area contributed by atoms with Gasteiger partial charge in [-0.1, -0.05) is 11.6 Å². The van der Waals surface area contributed by atoms with Crippen molar-refractivity contribution in [2.75, 3.05) is 26.2 Å². The predicted molar refractivity (Wildman–Crippen MR) is 104 cm³/mol. The number of rotatable bonds is 6. The summed E-state index contributed by atoms with van der Waals surface area (Å²) in [5, 5.41) is 3.48. The van der Waals surface area contributed by atoms with Crippen molar-refractivity contribution in [3.63, 3.8) is 0 Å². The Labute approximate surface area is 163 Å². The number of piperidine rings is 1. The number of halogens is 2. The third-order valence-electron chi connectivity index (χ3n) is 4.91. The van der Waals surface area contributed by atoms with E-state index in [2.05, 4.69) is 10.2 Å². The summed E-state index contributed by atoms with van der Waals surface area (Å²) in [6.07, 6.45) is 1.63. The zero-order valence-corrected chi connectivity index (χ0v) is 15.7. The first kappa shape index (κ1) is 19.5. The summed E-state index contributed by atoms with van der Waals surface area (Å²) in [4.78, 5) is 26.8. The highest BCUT2D eigenvalue weighted by Crippen LogP contribution is 2.22. The van der Waals surface area contributed by atoms with Gasteiger partial charge in [-0.05, 0) is 74.5 Å². The number of carbonyl (C=O) groups excluding carboxylic acids is 2. The Hall–Kier alpha value is -2.24. The van der Waals surface area contributed by atoms with Gasteiger partial charge in [0.05, 0.1) is 0 Å². The van der Waals surface area contributed by atoms with E-state index in [-0.39, 0.29) is 23.4 Å². The molecule has 2 aromatic rings. The predicted octanol–water partition coefficient (Wildman–Crippen LogP) is 3.80. The number of nitrogens with zero attached hydrogens (tertiary/aromatic N) is 1. The molecule has 1 N–H and O–H groups in total. The maximum absolute atomic E-state index is 12.9. The first-order valence-electron chi connectivity index (χ1n) is 9.09. The highest BCUT2D eigenvalue weighted by atomic mass is 35.5. The van der Waals surface area contributed by atoms with Crippen molar-refractivity contribution in [1.29, 1.82) is 0 Å². The standard InChI is InChI=1S/C21H22ClFN2O2/c22-18-5-1-15(2-6-18)20(26)16-9-12-25(13-10-16)14-11-24-21(27)17-3-7-19(23)8-4-17/h1-8,16H,9-14H2,(H,24,27). The van der Waals surface area contributed by atoms with Crippen LogP contribution >= 0.6 is 11.6 Å². The second kappa shape index (κ2) is 9.11. The van der Waals surface area contributed by atoms with E-state index in [0.29, 0.717) is 22.7 Å². The second-order valence-electron chi connectivity index (χ2n) is 6.75. The van der Waals surface area contributed by atoms with Crippen molar-refractivity contribution in [3.8, 4) is 0 Å². The number of ketones is 1. The highest BCUT2D eigenvalue weighted by molar-refractivity contribution is 6.30. The van der Waals surface area contributed by atoms with E-state index in [4.69, 9.17) is 11.6 Å². The van der Waals surface area contributed by atoms with E-state index in [1.807, 2.05) is 0 Å². The molecule has 1 amide bonds. The molecule has 0 aliphatic carbocycles. The topological polar surface area (TPSA) is 49.4 Å². The van der Waals surface area contributed by atoms with Crippen LogP contribution in [0.25, 0.3) is 0 Å². The van der Waals surface area contributed by atoms with Gasteiger partial charge in [0.1, 0.15) is 5.82 Å². The molecule has 4 nitrogen and oxygen atoms in total. The number of likely N-dealkylation sites (tertiary alicyclic amines) is 1. The summed E-state index contributed by atoms with van der Waals surface area (Å²) in [6.45, 7) is 2.91. The number of hydrogen-bond acceptors (Lipinski definition) is 3. The van der Waals surface area contributed by atoms with E-state index in [1.165, 1.54) is 24.3 Å². The molecule has 1 aliphatic rings. The van der Waals surface area contributed by atoms with Gasteiger partial charge in [-0.15, -0.1) is 0 Å². The van der Waals surface area contributed by atoms with Crippen molar-refractivity contribution in [2.45, 2.75) is 12.8 Å². The molecular weight excluding hydrogens is 367 g/mol. The summed E-state index contributed by atoms with van der Waals surface area (Å²) in [7, 11) is 0. The Morgan fingerprint density at radius 1 is 1.00 bits per heavy atom. The molecule has 0 bridgehead atoms. The molecule has 1 fully saturated rings. The first-order chi connectivity index (χ1) is 13.0. The van der Waals surface area contributed by atoms with Gasteiger partial charge in [-0.3, -0.25) is 9.59 Å². The summed E-state index contributed by atoms with van der Waals surface area (Å²) >= 11 is 5.87. The summed E-state index contributed by atoms with van der Waals surface area (Å²) < 4.78 is 12.9. The van der Waals surface area contributed by atoms with Crippen molar-refractivity contribution in [2.24, 2.45) is 5.92 Å². The van der Waals surface area contributed by atoms with Gasteiger partial charge in [0.15, 0.2) is 5.78 Å². The van der Waals surface area contributed by atoms with Crippen LogP contribution in [0.5, 0.6) is 0 Å². The zero-order chi connectivity index (χ0) is 19.2. The lowest BCUT2D eigenvalue weighted by atomic mass is 9.89. The number of nitrogens with one attached hydrogen (secondary N) is 1. The molecule has 27 heavy (non-hydrogen) atoms. The molecule has 0 spiro atoms. The fourth-order valence-corrected chi connectivity index (χ4v) is 3.43. The molecule has 6 heteroatoms. The van der Waals surface area contributed by atoms with Crippen LogP contribution in [0.15, 0.2) is 48.5 Å². The van der Waals surface area contributed by atoms with Crippen LogP contribution in [0.1, 0.15) is 33.6 Å². The third-order valence-corrected chi connectivity index (χ3v) is 5.16. The number of Topliss-reactive ketones (excluding diaryl/α,β-unsaturated/α-hetero) is 1. The van der Waals surface area contributed by atoms with Crippen LogP contribution in [0.2, 0.25) is 5.02 Å². The lowest BCUT2D eigenvalue weighted by molar-refractivity contribution is 0.0839. The minimum Gasteiger partial charge on any atom is -0.351 e. The van der Waals surface area contributed by atoms with Crippen molar-refractivity contribution in [3.05, 3.63) is 70.5 Å². The number of amides is 1. The van der Waals surface area contributed by atoms with E-state index in [9.17, 15) is 14.0 Å². The highest BCUT2D eigenvalue weighted by Gasteiger charge is 2.25. The van der Waals surface area contributed by atoms with Gasteiger partial charge in [-0.25, -0.2) is 4.39 Å². The fraction of sp³-hybridized carbons (Fsp3) is 0.333. The summed E-state index contributed by atoms with van der Waals surface area (Å²) in [5.41, 5.74) is 1.16. The average Bonchev–Trinajstić information content (AvgIpc) is 2.69. The molecule has 0 aromatic heterocycles. The maximum Gasteiger partial charge on any atom is 0.251 e. The number of benzene rings is 2. The Morgan fingerprint density at radius 2 is 1.59 bits per heavy atom. The molecule has 0 saturated carbocycles. The van der Waals surface area contributed by atoms with Gasteiger partial charge in [0, 0.05) is 35.2 Å². The molecule has 0 unspecified atom stereocenters. The zero-order valence-electron chi connectivity index (χ0n) is 15.0. The van der Waals surface area contributed by atoms with Crippen LogP contribution < -0.4 is 5.32 Å². The molecule has 0 radical (unpaired) electrons. The lowest BCUT2D eigenvalue weighted by Gasteiger charge is -2.31. The van der Waals surface area contributed by atoms with Crippen LogP contribution in [-0.4, -0.2) is 42.8 Å². The largest absolute Gasteiger partial charge is 0.351 e. The molecule has 1 heterocycles. The molecule has 2 aromatic carbocycles. The fourth-order valence-electron chi connectivity index (χ4n) is 3.30. The van der Waals surface area contributed by atoms with Crippen LogP contribution in [-0.2, 0) is 0 Å². The van der Waals surface area contributed by atoms with Crippen LogP contribution in [0.3, 0.4) is 0 Å². The van der Waals surface area contributed by atoms with Crippen LogP contribution in [0.4, 0.5) is 4.39 Å². The smallest absolute Gasteiger partial charge is 0.251 e. The van der Waals surface area contributed by atoms with Crippen molar-refractivity contribution < 1.29 is 14.0 Å². The first-order valence-corrected chi connectivity index (χ1v) is 9.46. The van der Waals surface area contributed by atoms with E-state index in [1.54, 1.807) is 24.3 Å². The maximum atomic E-state index is 12.9. The Balaban J connectivity index is 1.40. The van der Waals surface area contributed by atoms with E-state index < -0.39 is 0 Å². The molecular formula is C21H22ClFN2O2. The Kier molecular flexibility index (Phi) is 6.58. The lowest BCUT2D eigenvalue weighted by Crippen LogP contribution is -2.41. The quantitative estimate of drug-likeness (QED) is 0.766. The SMILES string of the molecule is O=C(NCCN1CCC(C(=O)c2ccc(Cl)cc2)CC1)c1ccc(F)cc1. The molecule has 142 valence electrons. The van der Waals surface area contributed by atoms with E-state index in [0.717, 1.165) is 32.5 Å². The monoisotopic (exact) mass is 388 g/mol. The van der Waals surface area contributed by atoms with Gasteiger partial charge in [-0.2, -0.15) is 0 Å².